The van der Waals surface area contributed by atoms with E-state index in [2.05, 4.69) is 0 Å². The van der Waals surface area contributed by atoms with E-state index in [9.17, 15) is 4.79 Å². The number of nitrogens with zero attached hydrogens (tertiary/aromatic N) is 1. The van der Waals surface area contributed by atoms with E-state index in [1.807, 2.05) is 18.7 Å². The van der Waals surface area contributed by atoms with Crippen LogP contribution in [0.25, 0.3) is 0 Å². The van der Waals surface area contributed by atoms with Crippen LogP contribution in [0.1, 0.15) is 33.1 Å². The second-order valence-electron chi connectivity index (χ2n) is 5.41. The minimum absolute atomic E-state index is 0.0232. The fraction of sp³-hybridized carbons (Fsp3) is 0.917. The average molecular weight is 226 g/mol. The van der Waals surface area contributed by atoms with Gasteiger partial charge in [0.1, 0.15) is 0 Å². The van der Waals surface area contributed by atoms with Crippen molar-refractivity contribution >= 4 is 5.91 Å². The summed E-state index contributed by atoms with van der Waals surface area (Å²) < 4.78 is 5.79. The summed E-state index contributed by atoms with van der Waals surface area (Å²) in [6, 6.07) is -0.366. The summed E-state index contributed by atoms with van der Waals surface area (Å²) in [5.41, 5.74) is 5.88. The smallest absolute Gasteiger partial charge is 0.239 e. The van der Waals surface area contributed by atoms with Crippen LogP contribution in [0.15, 0.2) is 0 Å². The number of amides is 1. The second kappa shape index (κ2) is 4.34. The van der Waals surface area contributed by atoms with Crippen molar-refractivity contribution < 1.29 is 9.53 Å². The minimum atomic E-state index is -0.366. The van der Waals surface area contributed by atoms with Crippen LogP contribution in [-0.2, 0) is 9.53 Å². The Morgan fingerprint density at radius 1 is 1.44 bits per heavy atom. The maximum Gasteiger partial charge on any atom is 0.239 e. The number of nitrogens with two attached hydrogens (primary N) is 1. The molecule has 1 spiro atoms. The normalized spacial score (nSPS) is 25.6. The van der Waals surface area contributed by atoms with Crippen molar-refractivity contribution in [3.05, 3.63) is 0 Å². The molecule has 1 heterocycles. The minimum Gasteiger partial charge on any atom is -0.371 e. The molecule has 16 heavy (non-hydrogen) atoms. The molecular weight excluding hydrogens is 204 g/mol. The summed E-state index contributed by atoms with van der Waals surface area (Å²) in [7, 11) is 0. The van der Waals surface area contributed by atoms with Gasteiger partial charge in [-0.05, 0) is 25.2 Å². The number of carbonyl (C=O) groups is 1. The lowest BCUT2D eigenvalue weighted by Gasteiger charge is -2.48. The zero-order valence-electron chi connectivity index (χ0n) is 10.2. The topological polar surface area (TPSA) is 55.6 Å². The van der Waals surface area contributed by atoms with Gasteiger partial charge in [0.25, 0.3) is 0 Å². The Kier molecular flexibility index (Phi) is 3.22. The van der Waals surface area contributed by atoms with E-state index < -0.39 is 0 Å². The molecule has 4 heteroatoms. The molecule has 1 amide bonds. The summed E-state index contributed by atoms with van der Waals surface area (Å²) in [4.78, 5) is 14.0. The Balaban J connectivity index is 1.96. The van der Waals surface area contributed by atoms with Gasteiger partial charge in [-0.2, -0.15) is 0 Å². The zero-order valence-corrected chi connectivity index (χ0v) is 10.2. The van der Waals surface area contributed by atoms with Gasteiger partial charge in [0.2, 0.25) is 5.91 Å². The van der Waals surface area contributed by atoms with Crippen LogP contribution in [0.3, 0.4) is 0 Å². The molecule has 4 nitrogen and oxygen atoms in total. The number of carbonyl (C=O) groups excluding carboxylic acids is 1. The zero-order chi connectivity index (χ0) is 11.8. The lowest BCUT2D eigenvalue weighted by molar-refractivity contribution is -0.169. The highest BCUT2D eigenvalue weighted by atomic mass is 16.5. The highest BCUT2D eigenvalue weighted by Gasteiger charge is 2.43. The molecule has 0 aromatic heterocycles. The lowest BCUT2D eigenvalue weighted by Crippen LogP contribution is -2.60. The molecule has 1 aliphatic carbocycles. The maximum absolute atomic E-state index is 12.1. The molecule has 2 rings (SSSR count). The van der Waals surface area contributed by atoms with Gasteiger partial charge >= 0.3 is 0 Å². The number of ether oxygens (including phenoxy) is 1. The molecule has 1 saturated carbocycles. The molecule has 92 valence electrons. The van der Waals surface area contributed by atoms with E-state index in [4.69, 9.17) is 10.5 Å². The first-order valence-corrected chi connectivity index (χ1v) is 6.22. The molecule has 0 aromatic carbocycles. The summed E-state index contributed by atoms with van der Waals surface area (Å²) in [5, 5.41) is 0. The predicted octanol–water partition coefficient (Wildman–Crippen LogP) is 0.751. The van der Waals surface area contributed by atoms with Gasteiger partial charge in [-0.15, -0.1) is 0 Å². The summed E-state index contributed by atoms with van der Waals surface area (Å²) in [5.74, 6) is 0.289. The van der Waals surface area contributed by atoms with Crippen LogP contribution in [0.4, 0.5) is 0 Å². The van der Waals surface area contributed by atoms with Crippen LogP contribution in [0.2, 0.25) is 0 Å². The first-order valence-electron chi connectivity index (χ1n) is 6.22. The van der Waals surface area contributed by atoms with E-state index in [1.165, 1.54) is 6.42 Å². The first kappa shape index (κ1) is 11.9. The molecule has 2 fully saturated rings. The quantitative estimate of drug-likeness (QED) is 0.756. The highest BCUT2D eigenvalue weighted by Crippen LogP contribution is 2.38. The van der Waals surface area contributed by atoms with Crippen LogP contribution in [0, 0.1) is 5.92 Å². The van der Waals surface area contributed by atoms with Crippen molar-refractivity contribution in [2.45, 2.75) is 44.8 Å². The molecule has 2 N–H and O–H groups in total. The Bertz CT molecular complexity index is 274. The summed E-state index contributed by atoms with van der Waals surface area (Å²) in [6.45, 7) is 6.08. The Morgan fingerprint density at radius 3 is 2.62 bits per heavy atom. The standard InChI is InChI=1S/C12H22N2O2/c1-9(2)10(13)11(15)14-6-7-16-12(8-14)4-3-5-12/h9-10H,3-8,13H2,1-2H3/t10-/m0/s1. The van der Waals surface area contributed by atoms with Crippen molar-refractivity contribution in [3.8, 4) is 0 Å². The van der Waals surface area contributed by atoms with Crippen molar-refractivity contribution in [3.63, 3.8) is 0 Å². The van der Waals surface area contributed by atoms with Crippen molar-refractivity contribution in [1.82, 2.24) is 4.90 Å². The SMILES string of the molecule is CC(C)[C@H](N)C(=O)N1CCOC2(CCC2)C1. The Labute approximate surface area is 97.1 Å². The second-order valence-corrected chi connectivity index (χ2v) is 5.41. The third kappa shape index (κ3) is 2.09. The van der Waals surface area contributed by atoms with Gasteiger partial charge in [-0.1, -0.05) is 13.8 Å². The van der Waals surface area contributed by atoms with E-state index in [0.29, 0.717) is 13.2 Å². The lowest BCUT2D eigenvalue weighted by atomic mass is 9.78. The van der Waals surface area contributed by atoms with Crippen LogP contribution in [-0.4, -0.2) is 42.1 Å². The molecule has 1 atom stereocenters. The van der Waals surface area contributed by atoms with Crippen LogP contribution in [0.5, 0.6) is 0 Å². The summed E-state index contributed by atoms with van der Waals surface area (Å²) in [6.07, 6.45) is 3.40. The third-order valence-corrected chi connectivity index (χ3v) is 3.83. The molecule has 0 unspecified atom stereocenters. The van der Waals surface area contributed by atoms with Crippen LogP contribution >= 0.6 is 0 Å². The largest absolute Gasteiger partial charge is 0.371 e. The van der Waals surface area contributed by atoms with Gasteiger partial charge in [0, 0.05) is 13.1 Å². The van der Waals surface area contributed by atoms with E-state index in [0.717, 1.165) is 19.4 Å². The first-order chi connectivity index (χ1) is 7.54. The molecular formula is C12H22N2O2. The van der Waals surface area contributed by atoms with E-state index in [1.54, 1.807) is 0 Å². The fourth-order valence-electron chi connectivity index (χ4n) is 2.40. The third-order valence-electron chi connectivity index (χ3n) is 3.83. The number of hydrogen-bond donors (Lipinski definition) is 1. The van der Waals surface area contributed by atoms with Crippen molar-refractivity contribution in [1.29, 1.82) is 0 Å². The van der Waals surface area contributed by atoms with Gasteiger partial charge in [-0.25, -0.2) is 0 Å². The van der Waals surface area contributed by atoms with Gasteiger partial charge in [0.15, 0.2) is 0 Å². The molecule has 1 aliphatic heterocycles. The van der Waals surface area contributed by atoms with Crippen molar-refractivity contribution in [2.24, 2.45) is 11.7 Å². The van der Waals surface area contributed by atoms with E-state index >= 15 is 0 Å². The number of morpholine rings is 1. The molecule has 2 aliphatic rings. The fourth-order valence-corrected chi connectivity index (χ4v) is 2.40. The highest BCUT2D eigenvalue weighted by molar-refractivity contribution is 5.82. The van der Waals surface area contributed by atoms with Crippen LogP contribution < -0.4 is 5.73 Å². The molecule has 0 radical (unpaired) electrons. The van der Waals surface area contributed by atoms with Gasteiger partial charge < -0.3 is 15.4 Å². The monoisotopic (exact) mass is 226 g/mol. The summed E-state index contributed by atoms with van der Waals surface area (Å²) >= 11 is 0. The maximum atomic E-state index is 12.1. The number of rotatable bonds is 2. The van der Waals surface area contributed by atoms with Gasteiger partial charge in [-0.3, -0.25) is 4.79 Å². The Morgan fingerprint density at radius 2 is 2.12 bits per heavy atom. The number of hydrogen-bond acceptors (Lipinski definition) is 3. The van der Waals surface area contributed by atoms with Gasteiger partial charge in [0.05, 0.1) is 18.2 Å². The van der Waals surface area contributed by atoms with Crippen molar-refractivity contribution in [2.75, 3.05) is 19.7 Å². The van der Waals surface area contributed by atoms with E-state index in [-0.39, 0.29) is 23.5 Å². The average Bonchev–Trinajstić information content (AvgIpc) is 2.25. The predicted molar refractivity (Wildman–Crippen MR) is 61.9 cm³/mol. The Hall–Kier alpha value is -0.610. The molecule has 0 aromatic rings. The molecule has 1 saturated heterocycles. The molecule has 0 bridgehead atoms.